The van der Waals surface area contributed by atoms with Gasteiger partial charge in [-0.2, -0.15) is 0 Å². The van der Waals surface area contributed by atoms with E-state index < -0.39 is 6.43 Å². The van der Waals surface area contributed by atoms with Gasteiger partial charge in [0.2, 0.25) is 5.91 Å². The molecular formula is C9H18F2N2O. The first-order valence-electron chi connectivity index (χ1n) is 4.88. The van der Waals surface area contributed by atoms with Gasteiger partial charge in [0.1, 0.15) is 0 Å². The minimum absolute atomic E-state index is 0.0109. The lowest BCUT2D eigenvalue weighted by Gasteiger charge is -2.18. The molecule has 1 N–H and O–H groups in total. The van der Waals surface area contributed by atoms with E-state index in [1.165, 1.54) is 0 Å². The zero-order valence-electron chi connectivity index (χ0n) is 8.72. The van der Waals surface area contributed by atoms with Gasteiger partial charge in [0.15, 0.2) is 0 Å². The Morgan fingerprint density at radius 2 is 1.93 bits per heavy atom. The summed E-state index contributed by atoms with van der Waals surface area (Å²) in [5.41, 5.74) is 0. The highest BCUT2D eigenvalue weighted by Gasteiger charge is 2.08. The summed E-state index contributed by atoms with van der Waals surface area (Å²) >= 11 is 0. The molecule has 0 aromatic heterocycles. The van der Waals surface area contributed by atoms with Crippen LogP contribution in [0.25, 0.3) is 0 Å². The number of halogens is 2. The van der Waals surface area contributed by atoms with Crippen molar-refractivity contribution >= 4 is 5.91 Å². The van der Waals surface area contributed by atoms with Gasteiger partial charge < -0.3 is 10.2 Å². The van der Waals surface area contributed by atoms with Crippen LogP contribution in [0, 0.1) is 0 Å². The molecule has 0 aromatic carbocycles. The summed E-state index contributed by atoms with van der Waals surface area (Å²) in [7, 11) is 0. The van der Waals surface area contributed by atoms with Crippen LogP contribution >= 0.6 is 0 Å². The highest BCUT2D eigenvalue weighted by molar-refractivity contribution is 5.76. The van der Waals surface area contributed by atoms with Crippen molar-refractivity contribution in [3.8, 4) is 0 Å². The van der Waals surface area contributed by atoms with Gasteiger partial charge in [-0.25, -0.2) is 8.78 Å². The van der Waals surface area contributed by atoms with Crippen molar-refractivity contribution in [1.29, 1.82) is 0 Å². The van der Waals surface area contributed by atoms with E-state index in [0.717, 1.165) is 0 Å². The first-order valence-corrected chi connectivity index (χ1v) is 4.88. The first-order chi connectivity index (χ1) is 6.61. The molecule has 0 fully saturated rings. The molecule has 0 atom stereocenters. The summed E-state index contributed by atoms with van der Waals surface area (Å²) < 4.78 is 23.4. The molecule has 0 saturated carbocycles. The predicted molar refractivity (Wildman–Crippen MR) is 51.4 cm³/mol. The number of nitrogens with zero attached hydrogens (tertiary/aromatic N) is 1. The summed E-state index contributed by atoms with van der Waals surface area (Å²) in [5, 5.41) is 2.52. The van der Waals surface area contributed by atoms with E-state index in [2.05, 4.69) is 5.32 Å². The molecule has 0 spiro atoms. The fraction of sp³-hybridized carbons (Fsp3) is 0.889. The second kappa shape index (κ2) is 7.67. The van der Waals surface area contributed by atoms with E-state index in [0.29, 0.717) is 19.6 Å². The quantitative estimate of drug-likeness (QED) is 0.635. The second-order valence-electron chi connectivity index (χ2n) is 2.91. The molecule has 14 heavy (non-hydrogen) atoms. The van der Waals surface area contributed by atoms with E-state index in [1.54, 1.807) is 4.90 Å². The Bertz CT molecular complexity index is 161. The molecule has 0 aliphatic carbocycles. The number of hydrogen-bond donors (Lipinski definition) is 1. The normalized spacial score (nSPS) is 10.6. The van der Waals surface area contributed by atoms with Crippen LogP contribution < -0.4 is 5.32 Å². The van der Waals surface area contributed by atoms with Gasteiger partial charge >= 0.3 is 0 Å². The van der Waals surface area contributed by atoms with Crippen molar-refractivity contribution in [3.05, 3.63) is 0 Å². The van der Waals surface area contributed by atoms with Crippen LogP contribution in [-0.2, 0) is 4.79 Å². The number of carbonyl (C=O) groups is 1. The van der Waals surface area contributed by atoms with Crippen LogP contribution in [-0.4, -0.2) is 43.4 Å². The highest BCUT2D eigenvalue weighted by atomic mass is 19.3. The number of nitrogens with one attached hydrogen (secondary N) is 1. The van der Waals surface area contributed by atoms with Crippen LogP contribution in [0.15, 0.2) is 0 Å². The molecule has 0 bridgehead atoms. The molecule has 84 valence electrons. The Kier molecular flexibility index (Phi) is 7.28. The second-order valence-corrected chi connectivity index (χ2v) is 2.91. The Morgan fingerprint density at radius 1 is 1.36 bits per heavy atom. The van der Waals surface area contributed by atoms with Gasteiger partial charge in [-0.05, 0) is 13.8 Å². The largest absolute Gasteiger partial charge is 0.343 e. The Labute approximate surface area is 83.5 Å². The zero-order valence-corrected chi connectivity index (χ0v) is 8.72. The lowest BCUT2D eigenvalue weighted by atomic mass is 10.3. The monoisotopic (exact) mass is 208 g/mol. The van der Waals surface area contributed by atoms with Crippen molar-refractivity contribution in [3.63, 3.8) is 0 Å². The lowest BCUT2D eigenvalue weighted by molar-refractivity contribution is -0.130. The van der Waals surface area contributed by atoms with E-state index >= 15 is 0 Å². The summed E-state index contributed by atoms with van der Waals surface area (Å²) in [6.45, 7) is 5.11. The minimum Gasteiger partial charge on any atom is -0.343 e. The Morgan fingerprint density at radius 3 is 2.36 bits per heavy atom. The van der Waals surface area contributed by atoms with Gasteiger partial charge in [-0.1, -0.05) is 0 Å². The summed E-state index contributed by atoms with van der Waals surface area (Å²) in [6, 6.07) is 0. The highest BCUT2D eigenvalue weighted by Crippen LogP contribution is 1.93. The van der Waals surface area contributed by atoms with Gasteiger partial charge in [-0.15, -0.1) is 0 Å². The molecule has 0 heterocycles. The van der Waals surface area contributed by atoms with Crippen molar-refractivity contribution in [2.24, 2.45) is 0 Å². The fourth-order valence-electron chi connectivity index (χ4n) is 1.14. The average Bonchev–Trinajstić information content (AvgIpc) is 2.14. The molecule has 0 aromatic rings. The standard InChI is InChI=1S/C9H18F2N2O/c1-3-13(4-2)9(14)5-6-12-7-8(10)11/h8,12H,3-7H2,1-2H3. The molecule has 3 nitrogen and oxygen atoms in total. The molecule has 0 rings (SSSR count). The summed E-state index contributed by atoms with van der Waals surface area (Å²) in [5.74, 6) is 0.0109. The minimum atomic E-state index is -2.35. The first kappa shape index (κ1) is 13.3. The number of alkyl halides is 2. The zero-order chi connectivity index (χ0) is 11.0. The molecule has 0 radical (unpaired) electrons. The average molecular weight is 208 g/mol. The number of hydrogen-bond acceptors (Lipinski definition) is 2. The molecular weight excluding hydrogens is 190 g/mol. The van der Waals surface area contributed by atoms with Crippen LogP contribution in [0.1, 0.15) is 20.3 Å². The van der Waals surface area contributed by atoms with Crippen molar-refractivity contribution in [1.82, 2.24) is 10.2 Å². The van der Waals surface area contributed by atoms with E-state index in [1.807, 2.05) is 13.8 Å². The SMILES string of the molecule is CCN(CC)C(=O)CCNCC(F)F. The number of amides is 1. The van der Waals surface area contributed by atoms with Crippen LogP contribution in [0.5, 0.6) is 0 Å². The molecule has 5 heteroatoms. The van der Waals surface area contributed by atoms with Crippen molar-refractivity contribution in [2.75, 3.05) is 26.2 Å². The van der Waals surface area contributed by atoms with Gasteiger partial charge in [0.05, 0.1) is 6.54 Å². The van der Waals surface area contributed by atoms with Crippen LogP contribution in [0.3, 0.4) is 0 Å². The van der Waals surface area contributed by atoms with Crippen LogP contribution in [0.2, 0.25) is 0 Å². The molecule has 0 aliphatic rings. The molecule has 1 amide bonds. The smallest absolute Gasteiger partial charge is 0.250 e. The van der Waals surface area contributed by atoms with Crippen molar-refractivity contribution in [2.45, 2.75) is 26.7 Å². The van der Waals surface area contributed by atoms with E-state index in [-0.39, 0.29) is 18.9 Å². The van der Waals surface area contributed by atoms with E-state index in [4.69, 9.17) is 0 Å². The number of rotatable bonds is 7. The Hall–Kier alpha value is -0.710. The van der Waals surface area contributed by atoms with E-state index in [9.17, 15) is 13.6 Å². The van der Waals surface area contributed by atoms with Crippen molar-refractivity contribution < 1.29 is 13.6 Å². The van der Waals surface area contributed by atoms with Gasteiger partial charge in [0.25, 0.3) is 6.43 Å². The Balaban J connectivity index is 3.52. The summed E-state index contributed by atoms with van der Waals surface area (Å²) in [4.78, 5) is 13.0. The third kappa shape index (κ3) is 5.85. The third-order valence-corrected chi connectivity index (χ3v) is 1.93. The van der Waals surface area contributed by atoms with Gasteiger partial charge in [-0.3, -0.25) is 4.79 Å². The molecule has 0 saturated heterocycles. The predicted octanol–water partition coefficient (Wildman–Crippen LogP) is 1.10. The molecule has 0 aliphatic heterocycles. The molecule has 0 unspecified atom stereocenters. The maximum atomic E-state index is 11.7. The maximum Gasteiger partial charge on any atom is 0.250 e. The lowest BCUT2D eigenvalue weighted by Crippen LogP contribution is -2.33. The maximum absolute atomic E-state index is 11.7. The van der Waals surface area contributed by atoms with Gasteiger partial charge in [0, 0.05) is 26.1 Å². The number of carbonyl (C=O) groups excluding carboxylic acids is 1. The topological polar surface area (TPSA) is 32.3 Å². The third-order valence-electron chi connectivity index (χ3n) is 1.93. The fourth-order valence-corrected chi connectivity index (χ4v) is 1.14. The van der Waals surface area contributed by atoms with Crippen LogP contribution in [0.4, 0.5) is 8.78 Å². The summed E-state index contributed by atoms with van der Waals surface area (Å²) in [6.07, 6.45) is -2.06.